The van der Waals surface area contributed by atoms with Crippen LogP contribution in [-0.4, -0.2) is 33.1 Å². The van der Waals surface area contributed by atoms with Gasteiger partial charge in [-0.1, -0.05) is 15.9 Å². The summed E-state index contributed by atoms with van der Waals surface area (Å²) < 4.78 is 6.53. The van der Waals surface area contributed by atoms with Crippen molar-refractivity contribution in [3.8, 4) is 0 Å². The van der Waals surface area contributed by atoms with Crippen molar-refractivity contribution in [2.75, 3.05) is 31.7 Å². The molecule has 0 N–H and O–H groups in total. The van der Waals surface area contributed by atoms with Crippen molar-refractivity contribution in [2.45, 2.75) is 12.8 Å². The molecule has 1 saturated carbocycles. The fourth-order valence-corrected chi connectivity index (χ4v) is 2.20. The van der Waals surface area contributed by atoms with E-state index in [4.69, 9.17) is 4.74 Å². The molecule has 0 amide bonds. The van der Waals surface area contributed by atoms with E-state index in [0.717, 1.165) is 35.5 Å². The molecule has 0 aliphatic heterocycles. The van der Waals surface area contributed by atoms with Crippen LogP contribution in [0.1, 0.15) is 23.2 Å². The van der Waals surface area contributed by atoms with E-state index in [1.165, 1.54) is 12.8 Å². The van der Waals surface area contributed by atoms with Crippen molar-refractivity contribution >= 4 is 27.9 Å². The molecule has 1 aliphatic rings. The molecule has 98 valence electrons. The number of anilines is 1. The Bertz CT molecular complexity index is 418. The van der Waals surface area contributed by atoms with E-state index in [9.17, 15) is 4.79 Å². The molecule has 18 heavy (non-hydrogen) atoms. The molecule has 2 rings (SSSR count). The summed E-state index contributed by atoms with van der Waals surface area (Å²) >= 11 is 3.37. The van der Waals surface area contributed by atoms with Gasteiger partial charge >= 0.3 is 0 Å². The Balaban J connectivity index is 1.86. The van der Waals surface area contributed by atoms with Gasteiger partial charge in [0.05, 0.1) is 6.61 Å². The molecule has 3 nitrogen and oxygen atoms in total. The first-order valence-electron chi connectivity index (χ1n) is 6.24. The zero-order valence-corrected chi connectivity index (χ0v) is 12.1. The highest BCUT2D eigenvalue weighted by atomic mass is 79.9. The first-order chi connectivity index (χ1) is 8.70. The lowest BCUT2D eigenvalue weighted by atomic mass is 10.2. The summed E-state index contributed by atoms with van der Waals surface area (Å²) in [6, 6.07) is 5.74. The summed E-state index contributed by atoms with van der Waals surface area (Å²) in [5.74, 6) is 0.800. The standard InChI is InChI=1S/C14H18BrNO2/c1-16(6-7-18-10-11-2-3-11)14-5-4-13(15)8-12(14)9-17/h4-5,8-9,11H,2-3,6-7,10H2,1H3. The van der Waals surface area contributed by atoms with Crippen molar-refractivity contribution in [3.63, 3.8) is 0 Å². The summed E-state index contributed by atoms with van der Waals surface area (Å²) in [6.07, 6.45) is 3.53. The second kappa shape index (κ2) is 6.34. The Kier molecular flexibility index (Phi) is 4.78. The van der Waals surface area contributed by atoms with Gasteiger partial charge in [-0.2, -0.15) is 0 Å². The maximum atomic E-state index is 11.0. The van der Waals surface area contributed by atoms with E-state index in [0.29, 0.717) is 12.2 Å². The minimum Gasteiger partial charge on any atom is -0.379 e. The smallest absolute Gasteiger partial charge is 0.152 e. The van der Waals surface area contributed by atoms with Gasteiger partial charge in [-0.3, -0.25) is 4.79 Å². The monoisotopic (exact) mass is 311 g/mol. The molecule has 0 heterocycles. The van der Waals surface area contributed by atoms with Crippen LogP contribution in [0.25, 0.3) is 0 Å². The highest BCUT2D eigenvalue weighted by Gasteiger charge is 2.21. The highest BCUT2D eigenvalue weighted by molar-refractivity contribution is 9.10. The number of nitrogens with zero attached hydrogens (tertiary/aromatic N) is 1. The van der Waals surface area contributed by atoms with Crippen LogP contribution in [-0.2, 0) is 4.74 Å². The average Bonchev–Trinajstić information content (AvgIpc) is 3.18. The van der Waals surface area contributed by atoms with Gasteiger partial charge in [0.15, 0.2) is 6.29 Å². The van der Waals surface area contributed by atoms with E-state index in [2.05, 4.69) is 20.8 Å². The molecule has 1 fully saturated rings. The predicted molar refractivity (Wildman–Crippen MR) is 76.3 cm³/mol. The molecular formula is C14H18BrNO2. The second-order valence-corrected chi connectivity index (χ2v) is 5.68. The third-order valence-electron chi connectivity index (χ3n) is 3.15. The van der Waals surface area contributed by atoms with Crippen molar-refractivity contribution < 1.29 is 9.53 Å². The lowest BCUT2D eigenvalue weighted by Crippen LogP contribution is -2.24. The minimum atomic E-state index is 0.703. The Hall–Kier alpha value is -0.870. The van der Waals surface area contributed by atoms with Gasteiger partial charge in [-0.05, 0) is 37.0 Å². The molecule has 1 aromatic carbocycles. The van der Waals surface area contributed by atoms with Crippen molar-refractivity contribution in [1.29, 1.82) is 0 Å². The Labute approximate surface area is 116 Å². The third-order valence-corrected chi connectivity index (χ3v) is 3.64. The average molecular weight is 312 g/mol. The summed E-state index contributed by atoms with van der Waals surface area (Å²) in [6.45, 7) is 2.39. The maximum absolute atomic E-state index is 11.0. The topological polar surface area (TPSA) is 29.5 Å². The Morgan fingerprint density at radius 2 is 2.28 bits per heavy atom. The highest BCUT2D eigenvalue weighted by Crippen LogP contribution is 2.28. The quantitative estimate of drug-likeness (QED) is 0.572. The first kappa shape index (κ1) is 13.6. The number of hydrogen-bond acceptors (Lipinski definition) is 3. The van der Waals surface area contributed by atoms with Crippen LogP contribution >= 0.6 is 15.9 Å². The predicted octanol–water partition coefficient (Wildman–Crippen LogP) is 3.12. The summed E-state index contributed by atoms with van der Waals surface area (Å²) in [5.41, 5.74) is 1.65. The van der Waals surface area contributed by atoms with E-state index >= 15 is 0 Å². The van der Waals surface area contributed by atoms with Crippen LogP contribution in [0.2, 0.25) is 0 Å². The molecule has 0 atom stereocenters. The van der Waals surface area contributed by atoms with Crippen LogP contribution in [0.15, 0.2) is 22.7 Å². The number of rotatable bonds is 7. The number of carbonyl (C=O) groups is 1. The zero-order valence-electron chi connectivity index (χ0n) is 10.6. The van der Waals surface area contributed by atoms with E-state index in [1.807, 2.05) is 25.2 Å². The molecule has 0 aromatic heterocycles. The van der Waals surface area contributed by atoms with Crippen molar-refractivity contribution in [1.82, 2.24) is 0 Å². The number of hydrogen-bond donors (Lipinski definition) is 0. The summed E-state index contributed by atoms with van der Waals surface area (Å²) in [4.78, 5) is 13.1. The van der Waals surface area contributed by atoms with Crippen LogP contribution in [0.4, 0.5) is 5.69 Å². The number of benzene rings is 1. The van der Waals surface area contributed by atoms with Gasteiger partial charge < -0.3 is 9.64 Å². The van der Waals surface area contributed by atoms with Gasteiger partial charge in [-0.25, -0.2) is 0 Å². The van der Waals surface area contributed by atoms with Gasteiger partial charge in [0.1, 0.15) is 0 Å². The molecule has 0 radical (unpaired) electrons. The largest absolute Gasteiger partial charge is 0.379 e. The number of ether oxygens (including phenoxy) is 1. The minimum absolute atomic E-state index is 0.703. The van der Waals surface area contributed by atoms with E-state index in [1.54, 1.807) is 0 Å². The number of halogens is 1. The molecule has 1 aromatic rings. The molecule has 4 heteroatoms. The van der Waals surface area contributed by atoms with Gasteiger partial charge in [0, 0.05) is 35.9 Å². The lowest BCUT2D eigenvalue weighted by molar-refractivity contribution is 0.112. The normalized spacial score (nSPS) is 14.6. The van der Waals surface area contributed by atoms with Gasteiger partial charge in [0.25, 0.3) is 0 Å². The van der Waals surface area contributed by atoms with Crippen LogP contribution in [0.5, 0.6) is 0 Å². The fraction of sp³-hybridized carbons (Fsp3) is 0.500. The molecule has 0 saturated heterocycles. The summed E-state index contributed by atoms with van der Waals surface area (Å²) in [5, 5.41) is 0. The molecule has 0 bridgehead atoms. The fourth-order valence-electron chi connectivity index (χ4n) is 1.82. The van der Waals surface area contributed by atoms with Crippen LogP contribution < -0.4 is 4.90 Å². The SMILES string of the molecule is CN(CCOCC1CC1)c1ccc(Br)cc1C=O. The first-order valence-corrected chi connectivity index (χ1v) is 7.03. The van der Waals surface area contributed by atoms with Crippen molar-refractivity contribution in [3.05, 3.63) is 28.2 Å². The second-order valence-electron chi connectivity index (χ2n) is 4.76. The summed E-state index contributed by atoms with van der Waals surface area (Å²) in [7, 11) is 1.98. The van der Waals surface area contributed by atoms with Gasteiger partial charge in [0.2, 0.25) is 0 Å². The number of aldehydes is 1. The molecule has 0 unspecified atom stereocenters. The van der Waals surface area contributed by atoms with Crippen LogP contribution in [0, 0.1) is 5.92 Å². The van der Waals surface area contributed by atoms with Gasteiger partial charge in [-0.15, -0.1) is 0 Å². The van der Waals surface area contributed by atoms with E-state index < -0.39 is 0 Å². The van der Waals surface area contributed by atoms with Crippen molar-refractivity contribution in [2.24, 2.45) is 5.92 Å². The number of carbonyl (C=O) groups excluding carboxylic acids is 1. The Morgan fingerprint density at radius 3 is 2.94 bits per heavy atom. The Morgan fingerprint density at radius 1 is 1.50 bits per heavy atom. The molecular weight excluding hydrogens is 294 g/mol. The molecule has 0 spiro atoms. The van der Waals surface area contributed by atoms with E-state index in [-0.39, 0.29) is 0 Å². The maximum Gasteiger partial charge on any atom is 0.152 e. The zero-order chi connectivity index (χ0) is 13.0. The molecule has 1 aliphatic carbocycles. The third kappa shape index (κ3) is 3.82. The lowest BCUT2D eigenvalue weighted by Gasteiger charge is -2.21. The number of likely N-dealkylation sites (N-methyl/N-ethyl adjacent to an activating group) is 1. The van der Waals surface area contributed by atoms with Crippen LogP contribution in [0.3, 0.4) is 0 Å².